The molecule has 0 bridgehead atoms. The molecule has 2 heteroatoms. The van der Waals surface area contributed by atoms with E-state index in [-0.39, 0.29) is 6.10 Å². The van der Waals surface area contributed by atoms with E-state index in [4.69, 9.17) is 4.74 Å². The SMILES string of the molecule is C=CCC(O)C[C@@H]1CCOC1. The predicted molar refractivity (Wildman–Crippen MR) is 44.4 cm³/mol. The molecule has 1 unspecified atom stereocenters. The van der Waals surface area contributed by atoms with Gasteiger partial charge in [-0.1, -0.05) is 6.08 Å². The van der Waals surface area contributed by atoms with Crippen LogP contribution < -0.4 is 0 Å². The fourth-order valence-corrected chi connectivity index (χ4v) is 1.44. The lowest BCUT2D eigenvalue weighted by molar-refractivity contribution is 0.131. The first-order chi connectivity index (χ1) is 5.33. The summed E-state index contributed by atoms with van der Waals surface area (Å²) in [6.07, 6.45) is 4.23. The Morgan fingerprint density at radius 1 is 1.73 bits per heavy atom. The number of ether oxygens (including phenoxy) is 1. The molecule has 2 nitrogen and oxygen atoms in total. The molecule has 0 saturated carbocycles. The Kier molecular flexibility index (Phi) is 3.60. The summed E-state index contributed by atoms with van der Waals surface area (Å²) < 4.78 is 5.20. The van der Waals surface area contributed by atoms with Crippen LogP contribution in [0.1, 0.15) is 19.3 Å². The lowest BCUT2D eigenvalue weighted by Gasteiger charge is -2.11. The highest BCUT2D eigenvalue weighted by Crippen LogP contribution is 2.19. The summed E-state index contributed by atoms with van der Waals surface area (Å²) in [5.74, 6) is 0.574. The Labute approximate surface area is 67.9 Å². The number of rotatable bonds is 4. The second-order valence-corrected chi connectivity index (χ2v) is 3.14. The maximum atomic E-state index is 9.38. The minimum absolute atomic E-state index is 0.209. The van der Waals surface area contributed by atoms with E-state index < -0.39 is 0 Å². The first-order valence-electron chi connectivity index (χ1n) is 4.19. The van der Waals surface area contributed by atoms with E-state index in [1.54, 1.807) is 6.08 Å². The summed E-state index contributed by atoms with van der Waals surface area (Å²) in [6.45, 7) is 5.28. The van der Waals surface area contributed by atoms with E-state index in [0.29, 0.717) is 12.3 Å². The zero-order valence-corrected chi connectivity index (χ0v) is 6.83. The van der Waals surface area contributed by atoms with E-state index in [0.717, 1.165) is 26.1 Å². The molecule has 0 aromatic rings. The van der Waals surface area contributed by atoms with Gasteiger partial charge in [0.2, 0.25) is 0 Å². The summed E-state index contributed by atoms with van der Waals surface area (Å²) in [4.78, 5) is 0. The van der Waals surface area contributed by atoms with Gasteiger partial charge in [0.1, 0.15) is 0 Å². The fraction of sp³-hybridized carbons (Fsp3) is 0.778. The van der Waals surface area contributed by atoms with Gasteiger partial charge in [-0.3, -0.25) is 0 Å². The van der Waals surface area contributed by atoms with E-state index in [2.05, 4.69) is 6.58 Å². The lowest BCUT2D eigenvalue weighted by Crippen LogP contribution is -2.12. The Morgan fingerprint density at radius 3 is 3.09 bits per heavy atom. The number of aliphatic hydroxyl groups is 1. The molecule has 0 aromatic heterocycles. The summed E-state index contributed by atoms with van der Waals surface area (Å²) in [5, 5.41) is 9.38. The van der Waals surface area contributed by atoms with Crippen molar-refractivity contribution in [3.63, 3.8) is 0 Å². The molecule has 0 aliphatic carbocycles. The van der Waals surface area contributed by atoms with Gasteiger partial charge in [0.25, 0.3) is 0 Å². The van der Waals surface area contributed by atoms with Crippen molar-refractivity contribution in [3.05, 3.63) is 12.7 Å². The van der Waals surface area contributed by atoms with Crippen molar-refractivity contribution >= 4 is 0 Å². The summed E-state index contributed by atoms with van der Waals surface area (Å²) in [7, 11) is 0. The molecular weight excluding hydrogens is 140 g/mol. The quantitative estimate of drug-likeness (QED) is 0.622. The number of aliphatic hydroxyl groups excluding tert-OH is 1. The first-order valence-corrected chi connectivity index (χ1v) is 4.19. The Balaban J connectivity index is 2.12. The lowest BCUT2D eigenvalue weighted by atomic mass is 9.99. The van der Waals surface area contributed by atoms with Gasteiger partial charge in [-0.05, 0) is 25.2 Å². The second kappa shape index (κ2) is 4.52. The van der Waals surface area contributed by atoms with E-state index in [1.165, 1.54) is 0 Å². The van der Waals surface area contributed by atoms with Crippen LogP contribution in [0.4, 0.5) is 0 Å². The normalized spacial score (nSPS) is 26.8. The van der Waals surface area contributed by atoms with Crippen molar-refractivity contribution in [1.29, 1.82) is 0 Å². The standard InChI is InChI=1S/C9H16O2/c1-2-3-9(10)6-8-4-5-11-7-8/h2,8-10H,1,3-7H2/t8-,9?/m0/s1. The van der Waals surface area contributed by atoms with Gasteiger partial charge in [0, 0.05) is 13.2 Å². The van der Waals surface area contributed by atoms with E-state index in [1.807, 2.05) is 0 Å². The smallest absolute Gasteiger partial charge is 0.0578 e. The molecular formula is C9H16O2. The van der Waals surface area contributed by atoms with Gasteiger partial charge in [0.15, 0.2) is 0 Å². The largest absolute Gasteiger partial charge is 0.393 e. The van der Waals surface area contributed by atoms with Crippen LogP contribution in [0.5, 0.6) is 0 Å². The molecule has 1 N–H and O–H groups in total. The third-order valence-corrected chi connectivity index (χ3v) is 2.07. The molecule has 1 heterocycles. The molecule has 0 spiro atoms. The zero-order chi connectivity index (χ0) is 8.10. The Hall–Kier alpha value is -0.340. The van der Waals surface area contributed by atoms with Crippen LogP contribution in [-0.4, -0.2) is 24.4 Å². The maximum absolute atomic E-state index is 9.38. The van der Waals surface area contributed by atoms with Gasteiger partial charge in [0.05, 0.1) is 6.10 Å². The van der Waals surface area contributed by atoms with Gasteiger partial charge < -0.3 is 9.84 Å². The van der Waals surface area contributed by atoms with Crippen molar-refractivity contribution in [1.82, 2.24) is 0 Å². The highest BCUT2D eigenvalue weighted by molar-refractivity contribution is 4.76. The van der Waals surface area contributed by atoms with Crippen LogP contribution >= 0.6 is 0 Å². The van der Waals surface area contributed by atoms with Gasteiger partial charge in [-0.15, -0.1) is 6.58 Å². The van der Waals surface area contributed by atoms with Crippen LogP contribution in [0, 0.1) is 5.92 Å². The molecule has 0 radical (unpaired) electrons. The van der Waals surface area contributed by atoms with Crippen molar-refractivity contribution < 1.29 is 9.84 Å². The van der Waals surface area contributed by atoms with Gasteiger partial charge in [-0.25, -0.2) is 0 Å². The van der Waals surface area contributed by atoms with E-state index in [9.17, 15) is 5.11 Å². The summed E-state index contributed by atoms with van der Waals surface area (Å²) >= 11 is 0. The summed E-state index contributed by atoms with van der Waals surface area (Å²) in [5.41, 5.74) is 0. The molecule has 1 aliphatic rings. The second-order valence-electron chi connectivity index (χ2n) is 3.14. The molecule has 2 atom stereocenters. The third-order valence-electron chi connectivity index (χ3n) is 2.07. The molecule has 64 valence electrons. The predicted octanol–water partition coefficient (Wildman–Crippen LogP) is 1.35. The Bertz CT molecular complexity index is 117. The molecule has 1 aliphatic heterocycles. The molecule has 1 fully saturated rings. The van der Waals surface area contributed by atoms with Crippen molar-refractivity contribution in [3.8, 4) is 0 Å². The molecule has 1 rings (SSSR count). The maximum Gasteiger partial charge on any atom is 0.0578 e. The fourth-order valence-electron chi connectivity index (χ4n) is 1.44. The minimum atomic E-state index is -0.209. The third kappa shape index (κ3) is 3.04. The van der Waals surface area contributed by atoms with Crippen LogP contribution in [0.25, 0.3) is 0 Å². The molecule has 0 aromatic carbocycles. The van der Waals surface area contributed by atoms with Crippen LogP contribution in [0.2, 0.25) is 0 Å². The van der Waals surface area contributed by atoms with Crippen molar-refractivity contribution in [2.45, 2.75) is 25.4 Å². The summed E-state index contributed by atoms with van der Waals surface area (Å²) in [6, 6.07) is 0. The zero-order valence-electron chi connectivity index (χ0n) is 6.83. The number of hydrogen-bond acceptors (Lipinski definition) is 2. The van der Waals surface area contributed by atoms with Crippen LogP contribution in [0.3, 0.4) is 0 Å². The van der Waals surface area contributed by atoms with Gasteiger partial charge in [-0.2, -0.15) is 0 Å². The highest BCUT2D eigenvalue weighted by atomic mass is 16.5. The van der Waals surface area contributed by atoms with Crippen LogP contribution in [-0.2, 0) is 4.74 Å². The molecule has 11 heavy (non-hydrogen) atoms. The monoisotopic (exact) mass is 156 g/mol. The first kappa shape index (κ1) is 8.75. The van der Waals surface area contributed by atoms with Crippen LogP contribution in [0.15, 0.2) is 12.7 Å². The highest BCUT2D eigenvalue weighted by Gasteiger charge is 2.18. The van der Waals surface area contributed by atoms with Crippen molar-refractivity contribution in [2.24, 2.45) is 5.92 Å². The van der Waals surface area contributed by atoms with Gasteiger partial charge >= 0.3 is 0 Å². The van der Waals surface area contributed by atoms with Crippen molar-refractivity contribution in [2.75, 3.05) is 13.2 Å². The molecule has 1 saturated heterocycles. The minimum Gasteiger partial charge on any atom is -0.393 e. The number of hydrogen-bond donors (Lipinski definition) is 1. The molecule has 0 amide bonds. The van der Waals surface area contributed by atoms with E-state index >= 15 is 0 Å². The average molecular weight is 156 g/mol. The average Bonchev–Trinajstić information content (AvgIpc) is 2.40. The Morgan fingerprint density at radius 2 is 2.55 bits per heavy atom. The topological polar surface area (TPSA) is 29.5 Å².